The lowest BCUT2D eigenvalue weighted by atomic mass is 9.85. The molecule has 2 rings (SSSR count). The van der Waals surface area contributed by atoms with E-state index in [0.717, 1.165) is 25.7 Å². The minimum atomic E-state index is -0.897. The highest BCUT2D eigenvalue weighted by Crippen LogP contribution is 2.40. The van der Waals surface area contributed by atoms with Crippen molar-refractivity contribution in [1.82, 2.24) is 9.80 Å². The van der Waals surface area contributed by atoms with Crippen LogP contribution in [0.5, 0.6) is 0 Å². The van der Waals surface area contributed by atoms with Gasteiger partial charge in [-0.2, -0.15) is 0 Å². The molecule has 0 spiro atoms. The third kappa shape index (κ3) is 4.14. The molecule has 0 bridgehead atoms. The molecule has 1 saturated heterocycles. The molecule has 2 fully saturated rings. The van der Waals surface area contributed by atoms with Gasteiger partial charge in [0.25, 0.3) is 0 Å². The van der Waals surface area contributed by atoms with Crippen LogP contribution in [0.4, 0.5) is 4.79 Å². The van der Waals surface area contributed by atoms with Gasteiger partial charge in [-0.15, -0.1) is 0 Å². The molecule has 1 saturated carbocycles. The van der Waals surface area contributed by atoms with Gasteiger partial charge < -0.3 is 24.4 Å². The normalized spacial score (nSPS) is 26.9. The number of nitrogens with zero attached hydrogens (tertiary/aromatic N) is 2. The van der Waals surface area contributed by atoms with Crippen molar-refractivity contribution in [3.63, 3.8) is 0 Å². The Kier molecular flexibility index (Phi) is 6.65. The van der Waals surface area contributed by atoms with Gasteiger partial charge in [-0.1, -0.05) is 12.8 Å². The summed E-state index contributed by atoms with van der Waals surface area (Å²) in [6.45, 7) is 1.74. The SMILES string of the molecule is COCCN(CCOC)C(=O)N1C(C(=O)O)CC2CCCCC21. The second-order valence-electron chi connectivity index (χ2n) is 6.36. The number of carbonyl (C=O) groups is 2. The number of urea groups is 1. The summed E-state index contributed by atoms with van der Waals surface area (Å²) >= 11 is 0. The van der Waals surface area contributed by atoms with Gasteiger partial charge in [0.15, 0.2) is 0 Å². The molecule has 7 heteroatoms. The highest BCUT2D eigenvalue weighted by atomic mass is 16.5. The van der Waals surface area contributed by atoms with Crippen LogP contribution < -0.4 is 0 Å². The van der Waals surface area contributed by atoms with Crippen LogP contribution in [0, 0.1) is 5.92 Å². The number of ether oxygens (including phenoxy) is 2. The van der Waals surface area contributed by atoms with E-state index in [1.807, 2.05) is 0 Å². The van der Waals surface area contributed by atoms with Crippen molar-refractivity contribution in [1.29, 1.82) is 0 Å². The van der Waals surface area contributed by atoms with Crippen LogP contribution in [0.15, 0.2) is 0 Å². The Morgan fingerprint density at radius 3 is 2.30 bits per heavy atom. The molecule has 132 valence electrons. The summed E-state index contributed by atoms with van der Waals surface area (Å²) in [5.41, 5.74) is 0. The van der Waals surface area contributed by atoms with E-state index < -0.39 is 12.0 Å². The number of aliphatic carboxylic acids is 1. The quantitative estimate of drug-likeness (QED) is 0.764. The van der Waals surface area contributed by atoms with Crippen molar-refractivity contribution >= 4 is 12.0 Å². The lowest BCUT2D eigenvalue weighted by Gasteiger charge is -2.36. The van der Waals surface area contributed by atoms with Gasteiger partial charge in [-0.3, -0.25) is 0 Å². The van der Waals surface area contributed by atoms with Gasteiger partial charge in [0, 0.05) is 33.4 Å². The minimum Gasteiger partial charge on any atom is -0.480 e. The first-order valence-electron chi connectivity index (χ1n) is 8.38. The molecule has 7 nitrogen and oxygen atoms in total. The van der Waals surface area contributed by atoms with Crippen LogP contribution in [0.3, 0.4) is 0 Å². The van der Waals surface area contributed by atoms with E-state index in [1.54, 1.807) is 24.0 Å². The van der Waals surface area contributed by atoms with E-state index in [-0.39, 0.29) is 12.1 Å². The Morgan fingerprint density at radius 1 is 1.13 bits per heavy atom. The number of hydrogen-bond donors (Lipinski definition) is 1. The number of carboxylic acids is 1. The first kappa shape index (κ1) is 18.0. The number of hydrogen-bond acceptors (Lipinski definition) is 4. The Balaban J connectivity index is 2.15. The summed E-state index contributed by atoms with van der Waals surface area (Å²) in [6, 6.07) is -0.839. The number of amides is 2. The van der Waals surface area contributed by atoms with Crippen LogP contribution in [-0.2, 0) is 14.3 Å². The molecule has 1 heterocycles. The maximum atomic E-state index is 13.0. The van der Waals surface area contributed by atoms with Crippen molar-refractivity contribution in [2.75, 3.05) is 40.5 Å². The zero-order chi connectivity index (χ0) is 16.8. The molecule has 1 aliphatic heterocycles. The lowest BCUT2D eigenvalue weighted by Crippen LogP contribution is -2.53. The molecular weight excluding hydrogens is 300 g/mol. The standard InChI is InChI=1S/C16H28N2O5/c1-22-9-7-17(8-10-23-2)16(21)18-13-6-4-3-5-12(13)11-14(18)15(19)20/h12-14H,3-11H2,1-2H3,(H,19,20). The van der Waals surface area contributed by atoms with Gasteiger partial charge in [-0.25, -0.2) is 9.59 Å². The van der Waals surface area contributed by atoms with Crippen molar-refractivity contribution in [3.8, 4) is 0 Å². The molecule has 1 aliphatic carbocycles. The average Bonchev–Trinajstić information content (AvgIpc) is 2.94. The number of carbonyl (C=O) groups excluding carboxylic acids is 1. The summed E-state index contributed by atoms with van der Waals surface area (Å²) < 4.78 is 10.2. The number of methoxy groups -OCH3 is 2. The fraction of sp³-hybridized carbons (Fsp3) is 0.875. The van der Waals surface area contributed by atoms with E-state index in [1.165, 1.54) is 0 Å². The number of carboxylic acid groups (broad SMARTS) is 1. The minimum absolute atomic E-state index is 0.0601. The van der Waals surface area contributed by atoms with Gasteiger partial charge in [0.2, 0.25) is 0 Å². The highest BCUT2D eigenvalue weighted by Gasteiger charge is 2.48. The topological polar surface area (TPSA) is 79.3 Å². The Hall–Kier alpha value is -1.34. The molecule has 3 atom stereocenters. The molecule has 3 unspecified atom stereocenters. The van der Waals surface area contributed by atoms with Crippen molar-refractivity contribution in [2.45, 2.75) is 44.2 Å². The largest absolute Gasteiger partial charge is 0.480 e. The first-order chi connectivity index (χ1) is 11.1. The van der Waals surface area contributed by atoms with Crippen molar-refractivity contribution in [2.24, 2.45) is 5.92 Å². The Bertz CT molecular complexity index is 409. The van der Waals surface area contributed by atoms with Gasteiger partial charge in [0.1, 0.15) is 6.04 Å². The lowest BCUT2D eigenvalue weighted by molar-refractivity contribution is -0.141. The smallest absolute Gasteiger partial charge is 0.326 e. The molecule has 2 amide bonds. The monoisotopic (exact) mass is 328 g/mol. The number of likely N-dealkylation sites (tertiary alicyclic amines) is 1. The fourth-order valence-corrected chi connectivity index (χ4v) is 3.83. The first-order valence-corrected chi connectivity index (χ1v) is 8.38. The maximum absolute atomic E-state index is 13.0. The number of rotatable bonds is 7. The maximum Gasteiger partial charge on any atom is 0.326 e. The summed E-state index contributed by atoms with van der Waals surface area (Å²) in [4.78, 5) is 27.9. The van der Waals surface area contributed by atoms with Crippen molar-refractivity contribution in [3.05, 3.63) is 0 Å². The summed E-state index contributed by atoms with van der Waals surface area (Å²) in [5, 5.41) is 9.55. The molecule has 23 heavy (non-hydrogen) atoms. The van der Waals surface area contributed by atoms with Gasteiger partial charge in [0.05, 0.1) is 13.2 Å². The summed E-state index contributed by atoms with van der Waals surface area (Å²) in [7, 11) is 3.18. The van der Waals surface area contributed by atoms with Gasteiger partial charge in [-0.05, 0) is 25.2 Å². The zero-order valence-corrected chi connectivity index (χ0v) is 14.1. The van der Waals surface area contributed by atoms with Crippen LogP contribution in [0.1, 0.15) is 32.1 Å². The van der Waals surface area contributed by atoms with Gasteiger partial charge >= 0.3 is 12.0 Å². The van der Waals surface area contributed by atoms with Crippen LogP contribution >= 0.6 is 0 Å². The van der Waals surface area contributed by atoms with E-state index >= 15 is 0 Å². The van der Waals surface area contributed by atoms with Crippen LogP contribution in [0.2, 0.25) is 0 Å². The molecule has 2 aliphatic rings. The second kappa shape index (κ2) is 8.49. The fourth-order valence-electron chi connectivity index (χ4n) is 3.83. The molecule has 1 N–H and O–H groups in total. The number of fused-ring (bicyclic) bond motifs is 1. The van der Waals surface area contributed by atoms with Crippen molar-refractivity contribution < 1.29 is 24.2 Å². The van der Waals surface area contributed by atoms with Crippen LogP contribution in [0.25, 0.3) is 0 Å². The summed E-state index contributed by atoms with van der Waals surface area (Å²) in [6.07, 6.45) is 4.70. The highest BCUT2D eigenvalue weighted by molar-refractivity contribution is 5.84. The van der Waals surface area contributed by atoms with E-state index in [0.29, 0.717) is 38.6 Å². The molecular formula is C16H28N2O5. The Labute approximate surface area is 137 Å². The van der Waals surface area contributed by atoms with Crippen LogP contribution in [-0.4, -0.2) is 79.5 Å². The third-order valence-corrected chi connectivity index (χ3v) is 5.00. The van der Waals surface area contributed by atoms with E-state index in [4.69, 9.17) is 9.47 Å². The molecule has 0 radical (unpaired) electrons. The third-order valence-electron chi connectivity index (χ3n) is 5.00. The molecule has 0 aromatic heterocycles. The molecule has 0 aromatic rings. The Morgan fingerprint density at radius 2 is 1.74 bits per heavy atom. The average molecular weight is 328 g/mol. The zero-order valence-electron chi connectivity index (χ0n) is 14.1. The van der Waals surface area contributed by atoms with E-state index in [9.17, 15) is 14.7 Å². The predicted octanol–water partition coefficient (Wildman–Crippen LogP) is 1.42. The summed E-state index contributed by atoms with van der Waals surface area (Å²) in [5.74, 6) is -0.577. The van der Waals surface area contributed by atoms with E-state index in [2.05, 4.69) is 0 Å². The predicted molar refractivity (Wildman–Crippen MR) is 84.3 cm³/mol. The second-order valence-corrected chi connectivity index (χ2v) is 6.36. The molecule has 0 aromatic carbocycles.